The molecule has 0 unspecified atom stereocenters. The summed E-state index contributed by atoms with van der Waals surface area (Å²) < 4.78 is 37.2. The Hall–Kier alpha value is -1.07. The lowest BCUT2D eigenvalue weighted by atomic mass is 10.1. The van der Waals surface area contributed by atoms with Crippen molar-refractivity contribution in [3.05, 3.63) is 35.4 Å². The van der Waals surface area contributed by atoms with Gasteiger partial charge in [-0.2, -0.15) is 13.2 Å². The monoisotopic (exact) mass is 258 g/mol. The van der Waals surface area contributed by atoms with Gasteiger partial charge in [0.05, 0.1) is 5.56 Å². The van der Waals surface area contributed by atoms with Crippen molar-refractivity contribution in [2.75, 3.05) is 19.6 Å². The van der Waals surface area contributed by atoms with Crippen LogP contribution in [0.25, 0.3) is 0 Å². The van der Waals surface area contributed by atoms with E-state index in [0.717, 1.165) is 37.2 Å². The van der Waals surface area contributed by atoms with Gasteiger partial charge in [0.2, 0.25) is 0 Å². The highest BCUT2D eigenvalue weighted by molar-refractivity contribution is 5.24. The Morgan fingerprint density at radius 3 is 2.39 bits per heavy atom. The number of nitrogens with zero attached hydrogens (tertiary/aromatic N) is 1. The van der Waals surface area contributed by atoms with E-state index in [1.807, 2.05) is 0 Å². The summed E-state index contributed by atoms with van der Waals surface area (Å²) in [5, 5.41) is 0. The highest BCUT2D eigenvalue weighted by Crippen LogP contribution is 2.29. The second kappa shape index (κ2) is 5.28. The van der Waals surface area contributed by atoms with Gasteiger partial charge in [-0.05, 0) is 43.1 Å². The van der Waals surface area contributed by atoms with Crippen molar-refractivity contribution in [1.82, 2.24) is 4.90 Å². The fourth-order valence-corrected chi connectivity index (χ4v) is 2.31. The quantitative estimate of drug-likeness (QED) is 0.902. The molecule has 2 nitrogen and oxygen atoms in total. The molecule has 1 aliphatic heterocycles. The Bertz CT molecular complexity index is 386. The van der Waals surface area contributed by atoms with Crippen LogP contribution in [-0.4, -0.2) is 24.5 Å². The molecule has 2 N–H and O–H groups in total. The number of hydrogen-bond acceptors (Lipinski definition) is 2. The first-order chi connectivity index (χ1) is 8.49. The van der Waals surface area contributed by atoms with E-state index in [1.165, 1.54) is 0 Å². The fraction of sp³-hybridized carbons (Fsp3) is 0.538. The van der Waals surface area contributed by atoms with Crippen LogP contribution in [0, 0.1) is 5.92 Å². The minimum absolute atomic E-state index is 0.527. The van der Waals surface area contributed by atoms with E-state index in [9.17, 15) is 13.2 Å². The van der Waals surface area contributed by atoms with Crippen molar-refractivity contribution in [3.8, 4) is 0 Å². The molecule has 1 aromatic rings. The molecule has 1 aliphatic rings. The van der Waals surface area contributed by atoms with E-state index in [-0.39, 0.29) is 0 Å². The van der Waals surface area contributed by atoms with Gasteiger partial charge >= 0.3 is 6.18 Å². The molecule has 1 heterocycles. The molecule has 0 saturated carbocycles. The zero-order chi connectivity index (χ0) is 13.2. The maximum absolute atomic E-state index is 12.4. The van der Waals surface area contributed by atoms with Crippen LogP contribution in [0.15, 0.2) is 24.3 Å². The van der Waals surface area contributed by atoms with Gasteiger partial charge in [-0.3, -0.25) is 4.90 Å². The first-order valence-corrected chi connectivity index (χ1v) is 6.07. The molecular formula is C13H17F3N2. The van der Waals surface area contributed by atoms with Crippen molar-refractivity contribution >= 4 is 0 Å². The number of nitrogens with two attached hydrogens (primary N) is 1. The average molecular weight is 258 g/mol. The Labute approximate surface area is 105 Å². The van der Waals surface area contributed by atoms with Crippen molar-refractivity contribution in [3.63, 3.8) is 0 Å². The standard InChI is InChI=1S/C13H17F3N2/c14-13(15,16)12-3-1-10(2-4-12)8-18-6-5-11(7-17)9-18/h1-4,11H,5-9,17H2/t11-/m0/s1. The van der Waals surface area contributed by atoms with Gasteiger partial charge < -0.3 is 5.73 Å². The lowest BCUT2D eigenvalue weighted by Gasteiger charge is -2.16. The summed E-state index contributed by atoms with van der Waals surface area (Å²) in [6.45, 7) is 3.30. The zero-order valence-corrected chi connectivity index (χ0v) is 10.1. The second-order valence-electron chi connectivity index (χ2n) is 4.82. The molecule has 0 spiro atoms. The number of alkyl halides is 3. The number of halogens is 3. The highest BCUT2D eigenvalue weighted by Gasteiger charge is 2.30. The normalized spacial score (nSPS) is 21.4. The van der Waals surface area contributed by atoms with E-state index >= 15 is 0 Å². The van der Waals surface area contributed by atoms with Gasteiger partial charge in [0, 0.05) is 13.1 Å². The predicted molar refractivity (Wildman–Crippen MR) is 63.9 cm³/mol. The van der Waals surface area contributed by atoms with Gasteiger partial charge in [-0.1, -0.05) is 12.1 Å². The van der Waals surface area contributed by atoms with Gasteiger partial charge in [0.1, 0.15) is 0 Å². The molecular weight excluding hydrogens is 241 g/mol. The van der Waals surface area contributed by atoms with Gasteiger partial charge in [-0.15, -0.1) is 0 Å². The molecule has 0 bridgehead atoms. The fourth-order valence-electron chi connectivity index (χ4n) is 2.31. The SMILES string of the molecule is NC[C@@H]1CCN(Cc2ccc(C(F)(F)F)cc2)C1. The minimum Gasteiger partial charge on any atom is -0.330 e. The maximum Gasteiger partial charge on any atom is 0.416 e. The van der Waals surface area contributed by atoms with Crippen LogP contribution in [0.3, 0.4) is 0 Å². The summed E-state index contributed by atoms with van der Waals surface area (Å²) in [4.78, 5) is 2.24. The predicted octanol–water partition coefficient (Wildman–Crippen LogP) is 2.49. The van der Waals surface area contributed by atoms with E-state index in [4.69, 9.17) is 5.73 Å². The third kappa shape index (κ3) is 3.23. The van der Waals surface area contributed by atoms with Crippen LogP contribution in [0.1, 0.15) is 17.5 Å². The van der Waals surface area contributed by atoms with Gasteiger partial charge in [0.25, 0.3) is 0 Å². The van der Waals surface area contributed by atoms with Crippen molar-refractivity contribution in [2.24, 2.45) is 11.7 Å². The first-order valence-electron chi connectivity index (χ1n) is 6.07. The van der Waals surface area contributed by atoms with Crippen LogP contribution in [0.2, 0.25) is 0 Å². The van der Waals surface area contributed by atoms with Crippen molar-refractivity contribution < 1.29 is 13.2 Å². The summed E-state index contributed by atoms with van der Waals surface area (Å²) in [5.74, 6) is 0.527. The third-order valence-electron chi connectivity index (χ3n) is 3.39. The van der Waals surface area contributed by atoms with E-state index in [1.54, 1.807) is 12.1 Å². The smallest absolute Gasteiger partial charge is 0.330 e. The summed E-state index contributed by atoms with van der Waals surface area (Å²) in [6, 6.07) is 5.40. The topological polar surface area (TPSA) is 29.3 Å². The summed E-state index contributed by atoms with van der Waals surface area (Å²) >= 11 is 0. The highest BCUT2D eigenvalue weighted by atomic mass is 19.4. The largest absolute Gasteiger partial charge is 0.416 e. The molecule has 0 amide bonds. The first kappa shape index (κ1) is 13.4. The Kier molecular flexibility index (Phi) is 3.92. The molecule has 0 radical (unpaired) electrons. The molecule has 2 rings (SSSR count). The van der Waals surface area contributed by atoms with Gasteiger partial charge in [0.15, 0.2) is 0 Å². The summed E-state index contributed by atoms with van der Waals surface area (Å²) in [6.07, 6.45) is -3.17. The lowest BCUT2D eigenvalue weighted by Crippen LogP contribution is -2.22. The summed E-state index contributed by atoms with van der Waals surface area (Å²) in [5.41, 5.74) is 5.93. The summed E-state index contributed by atoms with van der Waals surface area (Å²) in [7, 11) is 0. The molecule has 1 atom stereocenters. The van der Waals surface area contributed by atoms with Gasteiger partial charge in [-0.25, -0.2) is 0 Å². The van der Waals surface area contributed by atoms with Crippen LogP contribution in [-0.2, 0) is 12.7 Å². The molecule has 1 saturated heterocycles. The maximum atomic E-state index is 12.4. The van der Waals surface area contributed by atoms with E-state index in [0.29, 0.717) is 19.0 Å². The van der Waals surface area contributed by atoms with Crippen molar-refractivity contribution in [1.29, 1.82) is 0 Å². The lowest BCUT2D eigenvalue weighted by molar-refractivity contribution is -0.137. The molecule has 18 heavy (non-hydrogen) atoms. The third-order valence-corrected chi connectivity index (χ3v) is 3.39. The van der Waals surface area contributed by atoms with Crippen LogP contribution < -0.4 is 5.73 Å². The van der Waals surface area contributed by atoms with Crippen LogP contribution >= 0.6 is 0 Å². The van der Waals surface area contributed by atoms with E-state index < -0.39 is 11.7 Å². The Balaban J connectivity index is 1.95. The molecule has 0 aromatic heterocycles. The molecule has 0 aliphatic carbocycles. The number of hydrogen-bond donors (Lipinski definition) is 1. The van der Waals surface area contributed by atoms with Crippen LogP contribution in [0.4, 0.5) is 13.2 Å². The Morgan fingerprint density at radius 2 is 1.89 bits per heavy atom. The molecule has 100 valence electrons. The van der Waals surface area contributed by atoms with Crippen molar-refractivity contribution in [2.45, 2.75) is 19.1 Å². The zero-order valence-electron chi connectivity index (χ0n) is 10.1. The minimum atomic E-state index is -4.25. The second-order valence-corrected chi connectivity index (χ2v) is 4.82. The van der Waals surface area contributed by atoms with Crippen LogP contribution in [0.5, 0.6) is 0 Å². The average Bonchev–Trinajstić information content (AvgIpc) is 2.76. The molecule has 1 aromatic carbocycles. The number of rotatable bonds is 3. The molecule has 5 heteroatoms. The number of benzene rings is 1. The number of likely N-dealkylation sites (tertiary alicyclic amines) is 1. The van der Waals surface area contributed by atoms with E-state index in [2.05, 4.69) is 4.90 Å². The Morgan fingerprint density at radius 1 is 1.22 bits per heavy atom. The molecule has 1 fully saturated rings.